The van der Waals surface area contributed by atoms with Gasteiger partial charge in [-0.25, -0.2) is 0 Å². The molecule has 1 heterocycles. The van der Waals surface area contributed by atoms with E-state index in [9.17, 15) is 0 Å². The Bertz CT molecular complexity index is 242. The molecule has 0 spiro atoms. The molecule has 7 heteroatoms. The SMILES string of the molecule is [B][C@@H]1O[C@H](COC)C(OC)[C@@H]1OC[C@@H](COC)OC. The quantitative estimate of drug-likeness (QED) is 0.533. The van der Waals surface area contributed by atoms with Gasteiger partial charge in [-0.05, 0) is 0 Å². The van der Waals surface area contributed by atoms with Crippen LogP contribution in [-0.4, -0.2) is 86.5 Å². The van der Waals surface area contributed by atoms with Crippen LogP contribution in [0.5, 0.6) is 0 Å². The maximum atomic E-state index is 5.91. The fourth-order valence-electron chi connectivity index (χ4n) is 2.12. The predicted octanol–water partition coefficient (Wildman–Crippen LogP) is -0.412. The summed E-state index contributed by atoms with van der Waals surface area (Å²) in [5, 5.41) is 0. The Labute approximate surface area is 116 Å². The van der Waals surface area contributed by atoms with E-state index in [1.165, 1.54) is 0 Å². The third-order valence-corrected chi connectivity index (χ3v) is 3.11. The highest BCUT2D eigenvalue weighted by atomic mass is 16.6. The Hall–Kier alpha value is -0.175. The molecule has 6 nitrogen and oxygen atoms in total. The van der Waals surface area contributed by atoms with Crippen LogP contribution in [0.15, 0.2) is 0 Å². The molecule has 1 unspecified atom stereocenters. The van der Waals surface area contributed by atoms with E-state index in [1.807, 2.05) is 0 Å². The molecule has 2 radical (unpaired) electrons. The van der Waals surface area contributed by atoms with Gasteiger partial charge in [0.15, 0.2) is 0 Å². The van der Waals surface area contributed by atoms with Crippen molar-refractivity contribution in [1.82, 2.24) is 0 Å². The Morgan fingerprint density at radius 1 is 1.05 bits per heavy atom. The predicted molar refractivity (Wildman–Crippen MR) is 69.5 cm³/mol. The van der Waals surface area contributed by atoms with Crippen molar-refractivity contribution in [3.8, 4) is 0 Å². The molecule has 110 valence electrons. The zero-order valence-electron chi connectivity index (χ0n) is 12.0. The van der Waals surface area contributed by atoms with E-state index < -0.39 is 6.00 Å². The van der Waals surface area contributed by atoms with Crippen LogP contribution in [0.2, 0.25) is 0 Å². The van der Waals surface area contributed by atoms with Crippen LogP contribution < -0.4 is 0 Å². The summed E-state index contributed by atoms with van der Waals surface area (Å²) in [6.07, 6.45) is -0.968. The summed E-state index contributed by atoms with van der Waals surface area (Å²) in [5.74, 6) is 0. The van der Waals surface area contributed by atoms with Gasteiger partial charge in [0.25, 0.3) is 0 Å². The lowest BCUT2D eigenvalue weighted by Gasteiger charge is -2.24. The molecule has 0 saturated carbocycles. The summed E-state index contributed by atoms with van der Waals surface area (Å²) in [6.45, 7) is 1.24. The first kappa shape index (κ1) is 16.9. The number of ether oxygens (including phenoxy) is 6. The maximum absolute atomic E-state index is 5.91. The van der Waals surface area contributed by atoms with Crippen molar-refractivity contribution in [2.24, 2.45) is 0 Å². The van der Waals surface area contributed by atoms with Crippen LogP contribution in [0.3, 0.4) is 0 Å². The van der Waals surface area contributed by atoms with Gasteiger partial charge in [0, 0.05) is 34.4 Å². The lowest BCUT2D eigenvalue weighted by Crippen LogP contribution is -2.40. The summed E-state index contributed by atoms with van der Waals surface area (Å²) in [5.41, 5.74) is 0. The van der Waals surface area contributed by atoms with Crippen LogP contribution in [0.25, 0.3) is 0 Å². The molecule has 0 amide bonds. The fourth-order valence-corrected chi connectivity index (χ4v) is 2.12. The molecular formula is C12H23BO6. The van der Waals surface area contributed by atoms with Gasteiger partial charge < -0.3 is 28.4 Å². The van der Waals surface area contributed by atoms with Gasteiger partial charge in [0.05, 0.1) is 19.8 Å². The van der Waals surface area contributed by atoms with Crippen LogP contribution >= 0.6 is 0 Å². The number of rotatable bonds is 9. The third kappa shape index (κ3) is 4.70. The first-order valence-electron chi connectivity index (χ1n) is 6.24. The minimum Gasteiger partial charge on any atom is -0.382 e. The summed E-state index contributed by atoms with van der Waals surface area (Å²) < 4.78 is 32.1. The molecule has 1 fully saturated rings. The monoisotopic (exact) mass is 274 g/mol. The largest absolute Gasteiger partial charge is 0.382 e. The van der Waals surface area contributed by atoms with E-state index in [4.69, 9.17) is 36.3 Å². The van der Waals surface area contributed by atoms with Gasteiger partial charge in [0.2, 0.25) is 0 Å². The topological polar surface area (TPSA) is 55.4 Å². The smallest absolute Gasteiger partial charge is 0.113 e. The van der Waals surface area contributed by atoms with Crippen LogP contribution in [0.4, 0.5) is 0 Å². The highest BCUT2D eigenvalue weighted by Crippen LogP contribution is 2.25. The summed E-state index contributed by atoms with van der Waals surface area (Å²) in [6, 6.07) is -0.537. The highest BCUT2D eigenvalue weighted by molar-refractivity contribution is 6.11. The molecule has 19 heavy (non-hydrogen) atoms. The van der Waals surface area contributed by atoms with Crippen LogP contribution in [0.1, 0.15) is 0 Å². The maximum Gasteiger partial charge on any atom is 0.113 e. The zero-order valence-corrected chi connectivity index (χ0v) is 12.0. The second-order valence-electron chi connectivity index (χ2n) is 4.41. The van der Waals surface area contributed by atoms with Crippen LogP contribution in [-0.2, 0) is 28.4 Å². The third-order valence-electron chi connectivity index (χ3n) is 3.11. The summed E-state index contributed by atoms with van der Waals surface area (Å²) in [4.78, 5) is 0. The molecule has 1 aliphatic heterocycles. The fraction of sp³-hybridized carbons (Fsp3) is 1.00. The Kier molecular flexibility index (Phi) is 7.90. The minimum absolute atomic E-state index is 0.142. The Morgan fingerprint density at radius 3 is 2.32 bits per heavy atom. The first-order chi connectivity index (χ1) is 9.17. The molecular weight excluding hydrogens is 251 g/mol. The average Bonchev–Trinajstić information content (AvgIpc) is 2.70. The van der Waals surface area contributed by atoms with Crippen molar-refractivity contribution < 1.29 is 28.4 Å². The van der Waals surface area contributed by atoms with E-state index in [2.05, 4.69) is 0 Å². The van der Waals surface area contributed by atoms with E-state index in [1.54, 1.807) is 28.4 Å². The van der Waals surface area contributed by atoms with Gasteiger partial charge in [-0.15, -0.1) is 0 Å². The van der Waals surface area contributed by atoms with Gasteiger partial charge in [0.1, 0.15) is 32.3 Å². The van der Waals surface area contributed by atoms with E-state index in [0.717, 1.165) is 0 Å². The summed E-state index contributed by atoms with van der Waals surface area (Å²) >= 11 is 0. The Balaban J connectivity index is 2.50. The van der Waals surface area contributed by atoms with Crippen molar-refractivity contribution >= 4 is 7.85 Å². The van der Waals surface area contributed by atoms with Crippen molar-refractivity contribution in [2.75, 3.05) is 48.3 Å². The molecule has 1 aliphatic rings. The van der Waals surface area contributed by atoms with Crippen molar-refractivity contribution in [3.05, 3.63) is 0 Å². The number of hydrogen-bond acceptors (Lipinski definition) is 6. The lowest BCUT2D eigenvalue weighted by molar-refractivity contribution is -0.0903. The first-order valence-corrected chi connectivity index (χ1v) is 6.24. The molecule has 0 aromatic rings. The molecule has 0 N–H and O–H groups in total. The van der Waals surface area contributed by atoms with E-state index in [-0.39, 0.29) is 24.4 Å². The minimum atomic E-state index is -0.537. The average molecular weight is 274 g/mol. The normalized spacial score (nSPS) is 32.6. The highest BCUT2D eigenvalue weighted by Gasteiger charge is 2.43. The van der Waals surface area contributed by atoms with E-state index >= 15 is 0 Å². The molecule has 1 saturated heterocycles. The zero-order chi connectivity index (χ0) is 14.3. The number of hydrogen-bond donors (Lipinski definition) is 0. The second-order valence-corrected chi connectivity index (χ2v) is 4.41. The second kappa shape index (κ2) is 8.89. The molecule has 1 rings (SSSR count). The van der Waals surface area contributed by atoms with Crippen LogP contribution in [0, 0.1) is 0 Å². The van der Waals surface area contributed by atoms with Gasteiger partial charge in [-0.3, -0.25) is 0 Å². The van der Waals surface area contributed by atoms with Crippen molar-refractivity contribution in [1.29, 1.82) is 0 Å². The van der Waals surface area contributed by atoms with Gasteiger partial charge >= 0.3 is 0 Å². The molecule has 0 aromatic carbocycles. The molecule has 5 atom stereocenters. The molecule has 0 bridgehead atoms. The van der Waals surface area contributed by atoms with Crippen molar-refractivity contribution in [3.63, 3.8) is 0 Å². The van der Waals surface area contributed by atoms with Gasteiger partial charge in [-0.1, -0.05) is 0 Å². The standard InChI is InChI=1S/C12H23BO6/c1-14-5-8(16-3)6-18-11-10(17-4)9(7-15-2)19-12(11)13/h8-12H,5-7H2,1-4H3/t8-,9-,10?,11+,12-/m1/s1. The molecule has 0 aliphatic carbocycles. The Morgan fingerprint density at radius 2 is 1.79 bits per heavy atom. The van der Waals surface area contributed by atoms with Gasteiger partial charge in [-0.2, -0.15) is 0 Å². The molecule has 0 aromatic heterocycles. The lowest BCUT2D eigenvalue weighted by atomic mass is 9.92. The number of methoxy groups -OCH3 is 4. The van der Waals surface area contributed by atoms with Crippen molar-refractivity contribution in [2.45, 2.75) is 30.4 Å². The van der Waals surface area contributed by atoms with E-state index in [0.29, 0.717) is 19.8 Å². The summed E-state index contributed by atoms with van der Waals surface area (Å²) in [7, 11) is 12.3.